The molecule has 0 nitrogen and oxygen atoms in total. The molecule has 0 fully saturated rings. The molecule has 0 unspecified atom stereocenters. The van der Waals surface area contributed by atoms with Crippen molar-refractivity contribution in [2.45, 2.75) is 48.4 Å². The van der Waals surface area contributed by atoms with Crippen LogP contribution in [0.5, 0.6) is 0 Å². The van der Waals surface area contributed by atoms with Crippen LogP contribution in [0.15, 0.2) is 84.9 Å². The van der Waals surface area contributed by atoms with Crippen LogP contribution in [0, 0.1) is 64.8 Å². The summed E-state index contributed by atoms with van der Waals surface area (Å²) < 4.78 is 67.1. The first-order valence-corrected chi connectivity index (χ1v) is 15.8. The second kappa shape index (κ2) is 11.8. The van der Waals surface area contributed by atoms with Crippen LogP contribution in [0.3, 0.4) is 0 Å². The lowest BCUT2D eigenvalue weighted by molar-refractivity contribution is 0.472. The van der Waals surface area contributed by atoms with Crippen LogP contribution in [0.2, 0.25) is 6.82 Å². The van der Waals surface area contributed by atoms with E-state index in [1.54, 1.807) is 67.5 Å². The van der Waals surface area contributed by atoms with Crippen molar-refractivity contribution in [2.24, 2.45) is 0 Å². The maximum Gasteiger partial charge on any atom is 0.167 e. The summed E-state index contributed by atoms with van der Waals surface area (Å²) >= 11 is 0. The monoisotopic (exact) mass is 597 g/mol. The molecule has 5 rings (SSSR count). The van der Waals surface area contributed by atoms with Crippen molar-refractivity contribution in [2.75, 3.05) is 0 Å². The molecule has 0 saturated heterocycles. The minimum absolute atomic E-state index is 0.543. The molecule has 0 aliphatic carbocycles. The normalized spacial score (nSPS) is 11.8. The molecule has 0 aliphatic rings. The summed E-state index contributed by atoms with van der Waals surface area (Å²) in [4.78, 5) is 0. The highest BCUT2D eigenvalue weighted by Gasteiger charge is 2.38. The van der Waals surface area contributed by atoms with E-state index in [-0.39, 0.29) is 0 Å². The number of rotatable bonds is 6. The van der Waals surface area contributed by atoms with Crippen LogP contribution >= 0.6 is 7.92 Å². The Morgan fingerprint density at radius 3 is 1.12 bits per heavy atom. The Bertz CT molecular complexity index is 1660. The Morgan fingerprint density at radius 2 is 0.791 bits per heavy atom. The van der Waals surface area contributed by atoms with Gasteiger partial charge in [0.1, 0.15) is 11.6 Å². The maximum atomic E-state index is 16.8. The lowest BCUT2D eigenvalue weighted by atomic mass is 9.17. The van der Waals surface area contributed by atoms with Crippen molar-refractivity contribution >= 4 is 46.4 Å². The molecule has 0 atom stereocenters. The molecule has 6 heteroatoms. The Morgan fingerprint density at radius 1 is 0.465 bits per heavy atom. The summed E-state index contributed by atoms with van der Waals surface area (Å²) in [5.41, 5.74) is 5.90. The number of hydrogen-bond donors (Lipinski definition) is 0. The molecular weight excluding hydrogens is 562 g/mol. The molecule has 0 aromatic heterocycles. The van der Waals surface area contributed by atoms with E-state index in [0.29, 0.717) is 21.5 Å². The van der Waals surface area contributed by atoms with Crippen molar-refractivity contribution < 1.29 is 17.6 Å². The van der Waals surface area contributed by atoms with Gasteiger partial charge in [-0.1, -0.05) is 96.1 Å². The van der Waals surface area contributed by atoms with Gasteiger partial charge in [0.2, 0.25) is 0 Å². The molecule has 0 heterocycles. The van der Waals surface area contributed by atoms with Gasteiger partial charge in [0.15, 0.2) is 11.6 Å². The van der Waals surface area contributed by atoms with Gasteiger partial charge in [0.05, 0.1) is 11.5 Å². The van der Waals surface area contributed by atoms with E-state index in [9.17, 15) is 0 Å². The van der Waals surface area contributed by atoms with E-state index < -0.39 is 48.1 Å². The molecule has 0 bridgehead atoms. The van der Waals surface area contributed by atoms with Crippen LogP contribution in [0.1, 0.15) is 33.4 Å². The molecular formula is C37H35BF4P-. The summed E-state index contributed by atoms with van der Waals surface area (Å²) in [5.74, 6) is -5.36. The van der Waals surface area contributed by atoms with Crippen LogP contribution in [0.25, 0.3) is 0 Å². The van der Waals surface area contributed by atoms with Gasteiger partial charge in [0.25, 0.3) is 0 Å². The number of hydrogen-bond acceptors (Lipinski definition) is 0. The number of benzene rings is 5. The third-order valence-electron chi connectivity index (χ3n) is 8.73. The first-order valence-electron chi connectivity index (χ1n) is 14.5. The van der Waals surface area contributed by atoms with E-state index in [4.69, 9.17) is 0 Å². The Kier molecular flexibility index (Phi) is 8.42. The van der Waals surface area contributed by atoms with Gasteiger partial charge in [-0.15, -0.1) is 5.46 Å². The minimum Gasteiger partial charge on any atom is -0.207 e. The van der Waals surface area contributed by atoms with Crippen molar-refractivity contribution in [3.05, 3.63) is 142 Å². The quantitative estimate of drug-likeness (QED) is 0.0861. The van der Waals surface area contributed by atoms with Crippen LogP contribution in [-0.4, -0.2) is 6.15 Å². The average Bonchev–Trinajstić information content (AvgIpc) is 2.96. The second-order valence-electron chi connectivity index (χ2n) is 12.0. The molecule has 0 radical (unpaired) electrons. The van der Waals surface area contributed by atoms with Gasteiger partial charge < -0.3 is 0 Å². The lowest BCUT2D eigenvalue weighted by Crippen LogP contribution is -2.67. The summed E-state index contributed by atoms with van der Waals surface area (Å²) in [7, 11) is -2.01. The highest BCUT2D eigenvalue weighted by atomic mass is 31.1. The molecule has 0 aliphatic heterocycles. The third-order valence-corrected chi connectivity index (χ3v) is 11.9. The number of aryl methyl sites for hydroxylation is 6. The topological polar surface area (TPSA) is 0 Å². The first kappa shape index (κ1) is 30.8. The van der Waals surface area contributed by atoms with Crippen molar-refractivity contribution in [3.63, 3.8) is 0 Å². The highest BCUT2D eigenvalue weighted by molar-refractivity contribution is 7.80. The third kappa shape index (κ3) is 5.23. The zero-order valence-electron chi connectivity index (χ0n) is 25.6. The van der Waals surface area contributed by atoms with Gasteiger partial charge in [0, 0.05) is 0 Å². The van der Waals surface area contributed by atoms with Gasteiger partial charge in [-0.2, -0.15) is 17.7 Å². The van der Waals surface area contributed by atoms with E-state index in [1.165, 1.54) is 0 Å². The molecule has 5 aromatic rings. The standard InChI is InChI=1S/C37H35BF4P/c1-22-18-24(3)35(25(4)19-22)43(36-26(5)20-23(2)21-27(36)6)37-33(41)31(39)30(32(40)34(37)42)38(7,28-14-10-8-11-15-28)29-16-12-9-13-17-29/h8-21H,1-7H3/q-1. The van der Waals surface area contributed by atoms with Crippen LogP contribution in [0.4, 0.5) is 17.6 Å². The highest BCUT2D eigenvalue weighted by Crippen LogP contribution is 2.41. The predicted molar refractivity (Wildman–Crippen MR) is 177 cm³/mol. The van der Waals surface area contributed by atoms with Gasteiger partial charge in [-0.25, -0.2) is 17.6 Å². The molecule has 0 saturated carbocycles. The molecule has 5 aromatic carbocycles. The largest absolute Gasteiger partial charge is 0.207 e. The maximum absolute atomic E-state index is 16.8. The van der Waals surface area contributed by atoms with E-state index in [2.05, 4.69) is 0 Å². The van der Waals surface area contributed by atoms with E-state index in [1.807, 2.05) is 65.8 Å². The van der Waals surface area contributed by atoms with E-state index >= 15 is 17.6 Å². The Balaban J connectivity index is 1.90. The van der Waals surface area contributed by atoms with Crippen LogP contribution in [-0.2, 0) is 0 Å². The molecule has 0 spiro atoms. The van der Waals surface area contributed by atoms with Crippen molar-refractivity contribution in [1.82, 2.24) is 0 Å². The fourth-order valence-electron chi connectivity index (χ4n) is 6.93. The summed E-state index contributed by atoms with van der Waals surface area (Å²) in [6.45, 7) is 13.2. The first-order chi connectivity index (χ1) is 20.4. The SMILES string of the molecule is Cc1cc(C)c(P(c2c(C)cc(C)cc2C)c2c(F)c(F)c([B-](C)(c3ccccc3)c3ccccc3)c(F)c2F)c(C)c1. The summed E-state index contributed by atoms with van der Waals surface area (Å²) in [5, 5.41) is 0.872. The summed E-state index contributed by atoms with van der Waals surface area (Å²) in [6, 6.07) is 25.5. The molecule has 0 amide bonds. The smallest absolute Gasteiger partial charge is 0.167 e. The second-order valence-corrected chi connectivity index (χ2v) is 14.0. The molecule has 43 heavy (non-hydrogen) atoms. The zero-order chi connectivity index (χ0) is 31.2. The zero-order valence-corrected chi connectivity index (χ0v) is 26.5. The Hall–Kier alpha value is -3.69. The summed E-state index contributed by atoms with van der Waals surface area (Å²) in [6.07, 6.45) is -2.42. The number of halogens is 4. The van der Waals surface area contributed by atoms with Gasteiger partial charge in [-0.05, 0) is 82.3 Å². The minimum atomic E-state index is -2.42. The van der Waals surface area contributed by atoms with Crippen molar-refractivity contribution in [3.8, 4) is 0 Å². The van der Waals surface area contributed by atoms with Gasteiger partial charge >= 0.3 is 0 Å². The fraction of sp³-hybridized carbons (Fsp3) is 0.189. The van der Waals surface area contributed by atoms with Crippen LogP contribution < -0.4 is 32.3 Å². The molecule has 0 N–H and O–H groups in total. The Labute approximate surface area is 253 Å². The predicted octanol–water partition coefficient (Wildman–Crippen LogP) is 6.95. The van der Waals surface area contributed by atoms with Crippen molar-refractivity contribution in [1.29, 1.82) is 0 Å². The van der Waals surface area contributed by atoms with Gasteiger partial charge in [-0.3, -0.25) is 0 Å². The lowest BCUT2D eigenvalue weighted by Gasteiger charge is -2.40. The van der Waals surface area contributed by atoms with E-state index in [0.717, 1.165) is 33.4 Å². The fourth-order valence-corrected chi connectivity index (χ4v) is 9.86. The average molecular weight is 597 g/mol. The molecule has 220 valence electrons.